The molecular formula is C10H12Cl2O3. The number of benzene rings is 1. The van der Waals surface area contributed by atoms with Gasteiger partial charge in [0.25, 0.3) is 0 Å². The van der Waals surface area contributed by atoms with Gasteiger partial charge in [0.15, 0.2) is 17.3 Å². The van der Waals surface area contributed by atoms with Crippen LogP contribution in [0.3, 0.4) is 0 Å². The van der Waals surface area contributed by atoms with Crippen molar-refractivity contribution in [3.05, 3.63) is 21.7 Å². The van der Waals surface area contributed by atoms with Crippen molar-refractivity contribution in [2.75, 3.05) is 0 Å². The molecule has 0 fully saturated rings. The highest BCUT2D eigenvalue weighted by Crippen LogP contribution is 2.41. The van der Waals surface area contributed by atoms with Crippen molar-refractivity contribution >= 4 is 29.0 Å². The lowest BCUT2D eigenvalue weighted by atomic mass is 10.1. The van der Waals surface area contributed by atoms with E-state index in [9.17, 15) is 9.90 Å². The van der Waals surface area contributed by atoms with E-state index in [0.717, 1.165) is 0 Å². The Morgan fingerprint density at radius 2 is 1.67 bits per heavy atom. The van der Waals surface area contributed by atoms with Gasteiger partial charge in [-0.2, -0.15) is 0 Å². The third-order valence-corrected chi connectivity index (χ3v) is 2.22. The summed E-state index contributed by atoms with van der Waals surface area (Å²) in [6, 6.07) is 1.21. The van der Waals surface area contributed by atoms with Crippen LogP contribution in [0, 0.1) is 0 Å². The molecule has 0 aliphatic carbocycles. The number of carbonyl (C=O) groups excluding carboxylic acids is 1. The molecule has 0 unspecified atom stereocenters. The monoisotopic (exact) mass is 250 g/mol. The Kier molecular flexibility index (Phi) is 5.47. The molecule has 0 saturated heterocycles. The van der Waals surface area contributed by atoms with Crippen LogP contribution in [-0.2, 0) is 0 Å². The van der Waals surface area contributed by atoms with Crippen LogP contribution in [0.2, 0.25) is 10.0 Å². The molecule has 0 aromatic heterocycles. The summed E-state index contributed by atoms with van der Waals surface area (Å²) in [5, 5.41) is 18.0. The molecule has 0 atom stereocenters. The first-order chi connectivity index (χ1) is 6.95. The Balaban J connectivity index is 0.000000921. The maximum atomic E-state index is 10.9. The fourth-order valence-electron chi connectivity index (χ4n) is 0.859. The second kappa shape index (κ2) is 5.83. The summed E-state index contributed by atoms with van der Waals surface area (Å²) >= 11 is 11.1. The van der Waals surface area contributed by atoms with E-state index >= 15 is 0 Å². The van der Waals surface area contributed by atoms with Crippen molar-refractivity contribution in [1.29, 1.82) is 0 Å². The summed E-state index contributed by atoms with van der Waals surface area (Å²) in [4.78, 5) is 10.9. The number of ketones is 1. The fraction of sp³-hybridized carbons (Fsp3) is 0.300. The molecule has 1 aromatic rings. The van der Waals surface area contributed by atoms with Gasteiger partial charge in [-0.25, -0.2) is 0 Å². The summed E-state index contributed by atoms with van der Waals surface area (Å²) in [6.45, 7) is 5.29. The Bertz CT molecular complexity index is 375. The van der Waals surface area contributed by atoms with Gasteiger partial charge in [-0.3, -0.25) is 4.79 Å². The highest BCUT2D eigenvalue weighted by atomic mass is 35.5. The molecule has 0 spiro atoms. The minimum atomic E-state index is -0.570. The first-order valence-electron chi connectivity index (χ1n) is 4.36. The van der Waals surface area contributed by atoms with Crippen LogP contribution in [0.25, 0.3) is 0 Å². The zero-order valence-electron chi connectivity index (χ0n) is 8.64. The van der Waals surface area contributed by atoms with Gasteiger partial charge in [0.2, 0.25) is 0 Å². The van der Waals surface area contributed by atoms with Crippen molar-refractivity contribution in [1.82, 2.24) is 0 Å². The van der Waals surface area contributed by atoms with E-state index in [1.165, 1.54) is 13.0 Å². The lowest BCUT2D eigenvalue weighted by Gasteiger charge is -2.05. The first kappa shape index (κ1) is 14.1. The SMILES string of the molecule is CC.CC(=O)c1cc(Cl)c(O)c(O)c1Cl. The Morgan fingerprint density at radius 1 is 1.20 bits per heavy atom. The Labute approximate surface area is 98.3 Å². The number of phenolic OH excluding ortho intramolecular Hbond substituents is 2. The maximum absolute atomic E-state index is 10.9. The average molecular weight is 251 g/mol. The molecule has 0 aliphatic heterocycles. The molecule has 0 saturated carbocycles. The summed E-state index contributed by atoms with van der Waals surface area (Å²) < 4.78 is 0. The van der Waals surface area contributed by atoms with Crippen LogP contribution < -0.4 is 0 Å². The zero-order chi connectivity index (χ0) is 12.2. The van der Waals surface area contributed by atoms with Crippen LogP contribution in [0.5, 0.6) is 11.5 Å². The predicted molar refractivity (Wildman–Crippen MR) is 61.1 cm³/mol. The summed E-state index contributed by atoms with van der Waals surface area (Å²) in [5.74, 6) is -1.42. The number of phenols is 2. The van der Waals surface area contributed by atoms with E-state index in [4.69, 9.17) is 28.3 Å². The minimum Gasteiger partial charge on any atom is -0.503 e. The Morgan fingerprint density at radius 3 is 2.07 bits per heavy atom. The van der Waals surface area contributed by atoms with Crippen LogP contribution in [0.1, 0.15) is 31.1 Å². The first-order valence-corrected chi connectivity index (χ1v) is 5.11. The third-order valence-electron chi connectivity index (χ3n) is 1.55. The zero-order valence-corrected chi connectivity index (χ0v) is 10.1. The fourth-order valence-corrected chi connectivity index (χ4v) is 1.33. The lowest BCUT2D eigenvalue weighted by molar-refractivity contribution is 0.101. The van der Waals surface area contributed by atoms with E-state index in [0.29, 0.717) is 0 Å². The number of hydrogen-bond acceptors (Lipinski definition) is 3. The van der Waals surface area contributed by atoms with E-state index in [1.807, 2.05) is 13.8 Å². The number of rotatable bonds is 1. The van der Waals surface area contributed by atoms with Gasteiger partial charge in [0, 0.05) is 5.56 Å². The number of aromatic hydroxyl groups is 2. The predicted octanol–water partition coefficient (Wildman–Crippen LogP) is 3.63. The normalized spacial score (nSPS) is 9.13. The average Bonchev–Trinajstić information content (AvgIpc) is 2.23. The second-order valence-electron chi connectivity index (χ2n) is 2.47. The summed E-state index contributed by atoms with van der Waals surface area (Å²) in [5.41, 5.74) is 0.0852. The molecule has 0 amide bonds. The lowest BCUT2D eigenvalue weighted by Crippen LogP contribution is -1.93. The standard InChI is InChI=1S/C8H6Cl2O3.C2H6/c1-3(11)4-2-5(9)7(12)8(13)6(4)10;1-2/h2,12-13H,1H3;1-2H3. The minimum absolute atomic E-state index is 0.0852. The summed E-state index contributed by atoms with van der Waals surface area (Å²) in [7, 11) is 0. The van der Waals surface area contributed by atoms with E-state index < -0.39 is 11.5 Å². The van der Waals surface area contributed by atoms with Crippen LogP contribution in [0.4, 0.5) is 0 Å². The van der Waals surface area contributed by atoms with Crippen LogP contribution in [0.15, 0.2) is 6.07 Å². The molecule has 1 rings (SSSR count). The van der Waals surface area contributed by atoms with Crippen molar-refractivity contribution < 1.29 is 15.0 Å². The molecule has 15 heavy (non-hydrogen) atoms. The van der Waals surface area contributed by atoms with Gasteiger partial charge in [0.1, 0.15) is 0 Å². The van der Waals surface area contributed by atoms with E-state index in [-0.39, 0.29) is 21.4 Å². The summed E-state index contributed by atoms with van der Waals surface area (Å²) in [6.07, 6.45) is 0. The molecule has 0 bridgehead atoms. The number of Topliss-reactive ketones (excluding diaryl/α,β-unsaturated/α-hetero) is 1. The molecular weight excluding hydrogens is 239 g/mol. The van der Waals surface area contributed by atoms with Crippen molar-refractivity contribution in [3.63, 3.8) is 0 Å². The quantitative estimate of drug-likeness (QED) is 0.591. The smallest absolute Gasteiger partial charge is 0.178 e. The second-order valence-corrected chi connectivity index (χ2v) is 3.26. The molecule has 1 aromatic carbocycles. The van der Waals surface area contributed by atoms with Gasteiger partial charge < -0.3 is 10.2 Å². The van der Waals surface area contributed by atoms with Gasteiger partial charge >= 0.3 is 0 Å². The number of carbonyl (C=O) groups is 1. The Hall–Kier alpha value is -0.930. The van der Waals surface area contributed by atoms with Crippen molar-refractivity contribution in [3.8, 4) is 11.5 Å². The molecule has 0 radical (unpaired) electrons. The molecule has 0 aliphatic rings. The van der Waals surface area contributed by atoms with Gasteiger partial charge in [-0.15, -0.1) is 0 Å². The molecule has 0 heterocycles. The van der Waals surface area contributed by atoms with Gasteiger partial charge in [0.05, 0.1) is 10.0 Å². The van der Waals surface area contributed by atoms with Crippen LogP contribution in [-0.4, -0.2) is 16.0 Å². The van der Waals surface area contributed by atoms with Crippen molar-refractivity contribution in [2.45, 2.75) is 20.8 Å². The molecule has 3 nitrogen and oxygen atoms in total. The number of halogens is 2. The largest absolute Gasteiger partial charge is 0.503 e. The van der Waals surface area contributed by atoms with Crippen LogP contribution >= 0.6 is 23.2 Å². The highest BCUT2D eigenvalue weighted by molar-refractivity contribution is 6.38. The maximum Gasteiger partial charge on any atom is 0.178 e. The van der Waals surface area contributed by atoms with Gasteiger partial charge in [-0.05, 0) is 13.0 Å². The number of hydrogen-bond donors (Lipinski definition) is 2. The van der Waals surface area contributed by atoms with Gasteiger partial charge in [-0.1, -0.05) is 37.0 Å². The van der Waals surface area contributed by atoms with Crippen molar-refractivity contribution in [2.24, 2.45) is 0 Å². The molecule has 84 valence electrons. The topological polar surface area (TPSA) is 57.5 Å². The van der Waals surface area contributed by atoms with E-state index in [1.54, 1.807) is 0 Å². The molecule has 5 heteroatoms. The third kappa shape index (κ3) is 3.01. The molecule has 2 N–H and O–H groups in total. The van der Waals surface area contributed by atoms with E-state index in [2.05, 4.69) is 0 Å². The highest BCUT2D eigenvalue weighted by Gasteiger charge is 2.16.